The summed E-state index contributed by atoms with van der Waals surface area (Å²) in [4.78, 5) is 24.1. The number of aryl methyl sites for hydroxylation is 1. The highest BCUT2D eigenvalue weighted by atomic mass is 32.2. The van der Waals surface area contributed by atoms with Crippen LogP contribution in [0.15, 0.2) is 35.4 Å². The molecule has 168 valence electrons. The first-order chi connectivity index (χ1) is 14.4. The molecule has 0 radical (unpaired) electrons. The third-order valence-electron chi connectivity index (χ3n) is 4.82. The summed E-state index contributed by atoms with van der Waals surface area (Å²) in [6.07, 6.45) is -1.87. The van der Waals surface area contributed by atoms with Gasteiger partial charge in [0.1, 0.15) is 10.6 Å². The second kappa shape index (κ2) is 8.35. The van der Waals surface area contributed by atoms with Gasteiger partial charge in [-0.05, 0) is 37.1 Å². The first-order valence-electron chi connectivity index (χ1n) is 9.36. The maximum atomic E-state index is 13.1. The van der Waals surface area contributed by atoms with Gasteiger partial charge in [-0.3, -0.25) is 9.59 Å². The number of nitrogens with zero attached hydrogens (tertiary/aromatic N) is 2. The standard InChI is InChI=1S/C19H21F3N4O4S/c1-12(27)23-15-6-5-13(19(20,21)22)9-16(15)24-18(28)17-10-14(11-25(17)2)31(29,30)26-7-3-4-8-26/h5-6,9-11H,3-4,7-8H2,1-2H3,(H,23,27)(H,24,28). The van der Waals surface area contributed by atoms with Gasteiger partial charge in [-0.15, -0.1) is 0 Å². The van der Waals surface area contributed by atoms with Crippen molar-refractivity contribution in [1.29, 1.82) is 0 Å². The first kappa shape index (κ1) is 22.8. The minimum Gasteiger partial charge on any atom is -0.345 e. The second-order valence-electron chi connectivity index (χ2n) is 7.18. The number of sulfonamides is 1. The molecule has 12 heteroatoms. The van der Waals surface area contributed by atoms with E-state index < -0.39 is 33.6 Å². The van der Waals surface area contributed by atoms with Crippen LogP contribution in [0, 0.1) is 0 Å². The van der Waals surface area contributed by atoms with Gasteiger partial charge in [0.2, 0.25) is 15.9 Å². The van der Waals surface area contributed by atoms with Crippen molar-refractivity contribution in [3.8, 4) is 0 Å². The number of carbonyl (C=O) groups excluding carboxylic acids is 2. The van der Waals surface area contributed by atoms with Crippen molar-refractivity contribution in [2.24, 2.45) is 7.05 Å². The summed E-state index contributed by atoms with van der Waals surface area (Å²) in [7, 11) is -2.31. The average molecular weight is 458 g/mol. The molecule has 8 nitrogen and oxygen atoms in total. The van der Waals surface area contributed by atoms with Gasteiger partial charge in [0.25, 0.3) is 5.91 Å². The van der Waals surface area contributed by atoms with E-state index in [0.717, 1.165) is 25.0 Å². The number of hydrogen-bond acceptors (Lipinski definition) is 4. The van der Waals surface area contributed by atoms with Crippen molar-refractivity contribution in [2.75, 3.05) is 23.7 Å². The fourth-order valence-electron chi connectivity index (χ4n) is 3.29. The maximum Gasteiger partial charge on any atom is 0.416 e. The van der Waals surface area contributed by atoms with E-state index >= 15 is 0 Å². The molecule has 1 aliphatic rings. The van der Waals surface area contributed by atoms with Crippen LogP contribution in [0.5, 0.6) is 0 Å². The third-order valence-corrected chi connectivity index (χ3v) is 6.69. The van der Waals surface area contributed by atoms with E-state index in [1.54, 1.807) is 0 Å². The number of alkyl halides is 3. The molecule has 1 aliphatic heterocycles. The van der Waals surface area contributed by atoms with Crippen LogP contribution in [-0.2, 0) is 28.0 Å². The molecule has 2 N–H and O–H groups in total. The summed E-state index contributed by atoms with van der Waals surface area (Å²) in [5.74, 6) is -1.36. The van der Waals surface area contributed by atoms with E-state index in [9.17, 15) is 31.2 Å². The van der Waals surface area contributed by atoms with Crippen molar-refractivity contribution in [3.05, 3.63) is 41.7 Å². The van der Waals surface area contributed by atoms with Crippen LogP contribution < -0.4 is 10.6 Å². The second-order valence-corrected chi connectivity index (χ2v) is 9.11. The molecule has 0 aliphatic carbocycles. The smallest absolute Gasteiger partial charge is 0.345 e. The molecule has 1 fully saturated rings. The molecule has 0 atom stereocenters. The molecular weight excluding hydrogens is 437 g/mol. The Labute approximate surface area is 177 Å². The van der Waals surface area contributed by atoms with Crippen LogP contribution in [-0.4, -0.2) is 42.2 Å². The van der Waals surface area contributed by atoms with Gasteiger partial charge in [0.15, 0.2) is 0 Å². The van der Waals surface area contributed by atoms with Crippen molar-refractivity contribution >= 4 is 33.2 Å². The third kappa shape index (κ3) is 4.90. The highest BCUT2D eigenvalue weighted by molar-refractivity contribution is 7.89. The quantitative estimate of drug-likeness (QED) is 0.719. The van der Waals surface area contributed by atoms with Crippen molar-refractivity contribution < 1.29 is 31.2 Å². The summed E-state index contributed by atoms with van der Waals surface area (Å²) < 4.78 is 67.3. The highest BCUT2D eigenvalue weighted by Crippen LogP contribution is 2.34. The average Bonchev–Trinajstić information content (AvgIpc) is 3.32. The summed E-state index contributed by atoms with van der Waals surface area (Å²) in [6, 6.07) is 3.70. The lowest BCUT2D eigenvalue weighted by Gasteiger charge is -2.15. The number of hydrogen-bond donors (Lipinski definition) is 2. The summed E-state index contributed by atoms with van der Waals surface area (Å²) in [6.45, 7) is 1.96. The minimum atomic E-state index is -4.66. The largest absolute Gasteiger partial charge is 0.416 e. The minimum absolute atomic E-state index is 0.0204. The van der Waals surface area contributed by atoms with Gasteiger partial charge >= 0.3 is 6.18 Å². The lowest BCUT2D eigenvalue weighted by molar-refractivity contribution is -0.137. The van der Waals surface area contributed by atoms with Crippen LogP contribution >= 0.6 is 0 Å². The Morgan fingerprint density at radius 1 is 1.03 bits per heavy atom. The Morgan fingerprint density at radius 3 is 2.26 bits per heavy atom. The Bertz CT molecular complexity index is 1120. The van der Waals surface area contributed by atoms with E-state index in [2.05, 4.69) is 10.6 Å². The van der Waals surface area contributed by atoms with Crippen LogP contribution in [0.25, 0.3) is 0 Å². The van der Waals surface area contributed by atoms with E-state index in [0.29, 0.717) is 19.2 Å². The van der Waals surface area contributed by atoms with Gasteiger partial charge in [-0.2, -0.15) is 17.5 Å². The van der Waals surface area contributed by atoms with Crippen LogP contribution in [0.2, 0.25) is 0 Å². The Kier molecular flexibility index (Phi) is 6.14. The lowest BCUT2D eigenvalue weighted by atomic mass is 10.1. The monoisotopic (exact) mass is 458 g/mol. The zero-order chi connectivity index (χ0) is 23.0. The van der Waals surface area contributed by atoms with E-state index in [1.165, 1.54) is 35.1 Å². The molecule has 1 saturated heterocycles. The molecule has 0 spiro atoms. The number of halogens is 3. The number of nitrogens with one attached hydrogen (secondary N) is 2. The van der Waals surface area contributed by atoms with Gasteiger partial charge in [0, 0.05) is 33.3 Å². The molecule has 0 bridgehead atoms. The molecule has 2 aromatic rings. The lowest BCUT2D eigenvalue weighted by Crippen LogP contribution is -2.27. The molecule has 1 aromatic heterocycles. The summed E-state index contributed by atoms with van der Waals surface area (Å²) >= 11 is 0. The molecule has 3 rings (SSSR count). The van der Waals surface area contributed by atoms with Crippen LogP contribution in [0.3, 0.4) is 0 Å². The predicted molar refractivity (Wildman–Crippen MR) is 107 cm³/mol. The summed E-state index contributed by atoms with van der Waals surface area (Å²) in [5, 5.41) is 4.70. The normalized spacial score (nSPS) is 15.1. The van der Waals surface area contributed by atoms with E-state index in [-0.39, 0.29) is 22.0 Å². The van der Waals surface area contributed by atoms with Crippen LogP contribution in [0.1, 0.15) is 35.8 Å². The first-order valence-corrected chi connectivity index (χ1v) is 10.8. The molecule has 2 amide bonds. The van der Waals surface area contributed by atoms with E-state index in [1.807, 2.05) is 0 Å². The molecular formula is C19H21F3N4O4S. The SMILES string of the molecule is CC(=O)Nc1ccc(C(F)(F)F)cc1NC(=O)c1cc(S(=O)(=O)N2CCCC2)cn1C. The van der Waals surface area contributed by atoms with Gasteiger partial charge in [-0.25, -0.2) is 8.42 Å². The number of anilines is 2. The van der Waals surface area contributed by atoms with Crippen molar-refractivity contribution in [2.45, 2.75) is 30.8 Å². The highest BCUT2D eigenvalue weighted by Gasteiger charge is 2.32. The maximum absolute atomic E-state index is 13.1. The Hall–Kier alpha value is -2.86. The number of amides is 2. The topological polar surface area (TPSA) is 101 Å². The Morgan fingerprint density at radius 2 is 1.68 bits per heavy atom. The molecule has 0 unspecified atom stereocenters. The van der Waals surface area contributed by atoms with Crippen molar-refractivity contribution in [3.63, 3.8) is 0 Å². The Balaban J connectivity index is 1.92. The molecule has 0 saturated carbocycles. The van der Waals surface area contributed by atoms with Crippen LogP contribution in [0.4, 0.5) is 24.5 Å². The number of aromatic nitrogens is 1. The predicted octanol–water partition coefficient (Wildman–Crippen LogP) is 3.04. The zero-order valence-corrected chi connectivity index (χ0v) is 17.6. The zero-order valence-electron chi connectivity index (χ0n) is 16.8. The molecule has 2 heterocycles. The molecule has 31 heavy (non-hydrogen) atoms. The van der Waals surface area contributed by atoms with E-state index in [4.69, 9.17) is 0 Å². The fourth-order valence-corrected chi connectivity index (χ4v) is 4.88. The summed E-state index contributed by atoms with van der Waals surface area (Å²) in [5.41, 5.74) is -1.36. The number of rotatable bonds is 5. The van der Waals surface area contributed by atoms with Gasteiger partial charge in [-0.1, -0.05) is 0 Å². The van der Waals surface area contributed by atoms with Gasteiger partial charge < -0.3 is 15.2 Å². The number of carbonyl (C=O) groups is 2. The fraction of sp³-hybridized carbons (Fsp3) is 0.368. The molecule has 1 aromatic carbocycles. The number of benzene rings is 1. The van der Waals surface area contributed by atoms with Crippen molar-refractivity contribution in [1.82, 2.24) is 8.87 Å². The van der Waals surface area contributed by atoms with Gasteiger partial charge in [0.05, 0.1) is 16.9 Å².